The highest BCUT2D eigenvalue weighted by Gasteiger charge is 2.18. The van der Waals surface area contributed by atoms with Crippen LogP contribution in [0.2, 0.25) is 0 Å². The number of fused-ring (bicyclic) bond motifs is 3. The first kappa shape index (κ1) is 7.01. The molecular weight excluding hydrogens is 160 g/mol. The Morgan fingerprint density at radius 3 is 3.15 bits per heavy atom. The lowest BCUT2D eigenvalue weighted by Crippen LogP contribution is -2.12. The van der Waals surface area contributed by atoms with Crippen molar-refractivity contribution in [1.29, 1.82) is 0 Å². The molecule has 0 atom stereocenters. The quantitative estimate of drug-likeness (QED) is 0.645. The van der Waals surface area contributed by atoms with Crippen LogP contribution in [0.15, 0.2) is 24.4 Å². The lowest BCUT2D eigenvalue weighted by atomic mass is 10.1. The van der Waals surface area contributed by atoms with Gasteiger partial charge in [-0.15, -0.1) is 0 Å². The molecule has 2 aromatic rings. The van der Waals surface area contributed by atoms with Crippen molar-refractivity contribution in [1.82, 2.24) is 4.98 Å². The van der Waals surface area contributed by atoms with E-state index in [9.17, 15) is 0 Å². The zero-order valence-electron chi connectivity index (χ0n) is 7.67. The molecule has 0 aliphatic carbocycles. The summed E-state index contributed by atoms with van der Waals surface area (Å²) in [5, 5.41) is 1.36. The summed E-state index contributed by atoms with van der Waals surface area (Å²) in [5.41, 5.74) is 4.14. The number of hydrogen-bond donors (Lipinski definition) is 1. The number of benzene rings is 1. The van der Waals surface area contributed by atoms with Gasteiger partial charge >= 0.3 is 0 Å². The third-order valence-electron chi connectivity index (χ3n) is 2.89. The fourth-order valence-corrected chi connectivity index (χ4v) is 2.22. The molecule has 0 radical (unpaired) electrons. The fraction of sp³-hybridized carbons (Fsp3) is 0.273. The van der Waals surface area contributed by atoms with E-state index in [1.807, 2.05) is 6.20 Å². The Bertz CT molecular complexity index is 456. The zero-order chi connectivity index (χ0) is 8.84. The molecule has 2 nitrogen and oxygen atoms in total. The smallest absolute Gasteiger partial charge is 0.0492 e. The molecule has 0 saturated carbocycles. The Hall–Kier alpha value is -1.44. The fourth-order valence-electron chi connectivity index (χ4n) is 2.22. The molecule has 0 fully saturated rings. The summed E-state index contributed by atoms with van der Waals surface area (Å²) in [7, 11) is 2.16. The third kappa shape index (κ3) is 0.829. The van der Waals surface area contributed by atoms with Crippen LogP contribution in [0.1, 0.15) is 5.56 Å². The van der Waals surface area contributed by atoms with Crippen LogP contribution in [0.5, 0.6) is 0 Å². The number of hydrogen-bond acceptors (Lipinski definition) is 1. The van der Waals surface area contributed by atoms with Gasteiger partial charge in [0, 0.05) is 36.4 Å². The highest BCUT2D eigenvalue weighted by Crippen LogP contribution is 2.33. The number of likely N-dealkylation sites (N-methyl/N-ethyl adjacent to an activating group) is 1. The molecule has 1 aliphatic rings. The monoisotopic (exact) mass is 172 g/mol. The molecule has 3 rings (SSSR count). The van der Waals surface area contributed by atoms with Gasteiger partial charge in [-0.1, -0.05) is 6.07 Å². The summed E-state index contributed by atoms with van der Waals surface area (Å²) in [6.07, 6.45) is 3.20. The number of anilines is 1. The van der Waals surface area contributed by atoms with E-state index >= 15 is 0 Å². The molecule has 1 aromatic heterocycles. The van der Waals surface area contributed by atoms with E-state index in [1.165, 1.54) is 28.6 Å². The summed E-state index contributed by atoms with van der Waals surface area (Å²) in [6, 6.07) is 6.57. The van der Waals surface area contributed by atoms with Crippen LogP contribution in [0, 0.1) is 0 Å². The minimum Gasteiger partial charge on any atom is -0.373 e. The molecule has 13 heavy (non-hydrogen) atoms. The Labute approximate surface area is 77.2 Å². The average molecular weight is 172 g/mol. The molecule has 2 heterocycles. The van der Waals surface area contributed by atoms with E-state index in [-0.39, 0.29) is 0 Å². The normalized spacial score (nSPS) is 15.3. The van der Waals surface area contributed by atoms with Crippen LogP contribution in [0.3, 0.4) is 0 Å². The highest BCUT2D eigenvalue weighted by molar-refractivity contribution is 5.95. The van der Waals surface area contributed by atoms with Crippen molar-refractivity contribution in [3.05, 3.63) is 30.0 Å². The van der Waals surface area contributed by atoms with Gasteiger partial charge in [0.1, 0.15) is 0 Å². The van der Waals surface area contributed by atoms with E-state index in [0.717, 1.165) is 6.54 Å². The van der Waals surface area contributed by atoms with Crippen LogP contribution >= 0.6 is 0 Å². The van der Waals surface area contributed by atoms with Crippen LogP contribution in [-0.4, -0.2) is 18.6 Å². The van der Waals surface area contributed by atoms with Crippen LogP contribution in [-0.2, 0) is 6.42 Å². The van der Waals surface area contributed by atoms with Gasteiger partial charge in [0.05, 0.1) is 0 Å². The first-order valence-corrected chi connectivity index (χ1v) is 4.66. The second kappa shape index (κ2) is 2.28. The molecule has 1 aromatic carbocycles. The maximum atomic E-state index is 3.24. The van der Waals surface area contributed by atoms with Gasteiger partial charge in [-0.05, 0) is 24.1 Å². The SMILES string of the molecule is CN1CCc2ccc3[nH]ccc3c21. The molecule has 2 heteroatoms. The summed E-state index contributed by atoms with van der Waals surface area (Å²) in [5.74, 6) is 0. The number of nitrogens with one attached hydrogen (secondary N) is 1. The van der Waals surface area contributed by atoms with Crippen molar-refractivity contribution in [3.63, 3.8) is 0 Å². The van der Waals surface area contributed by atoms with Crippen molar-refractivity contribution < 1.29 is 0 Å². The molecule has 1 N–H and O–H groups in total. The molecule has 0 amide bonds. The zero-order valence-corrected chi connectivity index (χ0v) is 7.67. The third-order valence-corrected chi connectivity index (χ3v) is 2.89. The average Bonchev–Trinajstić information content (AvgIpc) is 2.70. The minimum absolute atomic E-state index is 1.15. The molecule has 0 spiro atoms. The maximum Gasteiger partial charge on any atom is 0.0492 e. The Morgan fingerprint density at radius 2 is 2.23 bits per heavy atom. The Balaban J connectivity index is 2.42. The van der Waals surface area contributed by atoms with Crippen molar-refractivity contribution in [2.24, 2.45) is 0 Å². The summed E-state index contributed by atoms with van der Waals surface area (Å²) in [4.78, 5) is 5.58. The van der Waals surface area contributed by atoms with E-state index in [2.05, 4.69) is 35.1 Å². The molecule has 0 unspecified atom stereocenters. The molecule has 66 valence electrons. The first-order chi connectivity index (χ1) is 6.36. The van der Waals surface area contributed by atoms with Gasteiger partial charge in [-0.25, -0.2) is 0 Å². The molecule has 0 bridgehead atoms. The second-order valence-electron chi connectivity index (χ2n) is 3.68. The second-order valence-corrected chi connectivity index (χ2v) is 3.68. The number of rotatable bonds is 0. The predicted molar refractivity (Wildman–Crippen MR) is 55.3 cm³/mol. The lowest BCUT2D eigenvalue weighted by Gasteiger charge is -2.12. The topological polar surface area (TPSA) is 19.0 Å². The van der Waals surface area contributed by atoms with E-state index < -0.39 is 0 Å². The summed E-state index contributed by atoms with van der Waals surface area (Å²) >= 11 is 0. The number of H-pyrrole nitrogens is 1. The maximum absolute atomic E-state index is 3.24. The van der Waals surface area contributed by atoms with E-state index in [1.54, 1.807) is 0 Å². The van der Waals surface area contributed by atoms with Crippen molar-refractivity contribution >= 4 is 16.6 Å². The van der Waals surface area contributed by atoms with Crippen molar-refractivity contribution in [2.75, 3.05) is 18.5 Å². The number of aromatic nitrogens is 1. The van der Waals surface area contributed by atoms with Gasteiger partial charge in [0.2, 0.25) is 0 Å². The standard InChI is InChI=1S/C11H12N2/c1-13-7-5-8-2-3-10-9(11(8)13)4-6-12-10/h2-4,6,12H,5,7H2,1H3. The van der Waals surface area contributed by atoms with Crippen LogP contribution in [0.4, 0.5) is 5.69 Å². The van der Waals surface area contributed by atoms with E-state index in [4.69, 9.17) is 0 Å². The summed E-state index contributed by atoms with van der Waals surface area (Å²) in [6.45, 7) is 1.15. The Kier molecular flexibility index (Phi) is 1.23. The highest BCUT2D eigenvalue weighted by atomic mass is 15.1. The van der Waals surface area contributed by atoms with Gasteiger partial charge in [0.25, 0.3) is 0 Å². The van der Waals surface area contributed by atoms with Crippen LogP contribution < -0.4 is 4.90 Å². The van der Waals surface area contributed by atoms with Gasteiger partial charge in [-0.2, -0.15) is 0 Å². The minimum atomic E-state index is 1.15. The number of nitrogens with zero attached hydrogens (tertiary/aromatic N) is 1. The van der Waals surface area contributed by atoms with E-state index in [0.29, 0.717) is 0 Å². The molecule has 1 aliphatic heterocycles. The Morgan fingerprint density at radius 1 is 1.31 bits per heavy atom. The largest absolute Gasteiger partial charge is 0.373 e. The number of aromatic amines is 1. The molecular formula is C11H12N2. The van der Waals surface area contributed by atoms with Gasteiger partial charge in [-0.3, -0.25) is 0 Å². The van der Waals surface area contributed by atoms with Crippen molar-refractivity contribution in [3.8, 4) is 0 Å². The predicted octanol–water partition coefficient (Wildman–Crippen LogP) is 2.16. The lowest BCUT2D eigenvalue weighted by molar-refractivity contribution is 0.957. The summed E-state index contributed by atoms with van der Waals surface area (Å²) < 4.78 is 0. The van der Waals surface area contributed by atoms with Gasteiger partial charge in [0.15, 0.2) is 0 Å². The van der Waals surface area contributed by atoms with Crippen molar-refractivity contribution in [2.45, 2.75) is 6.42 Å². The van der Waals surface area contributed by atoms with Gasteiger partial charge < -0.3 is 9.88 Å². The molecule has 0 saturated heterocycles. The van der Waals surface area contributed by atoms with Crippen LogP contribution in [0.25, 0.3) is 10.9 Å². The first-order valence-electron chi connectivity index (χ1n) is 4.66.